The fraction of sp³-hybridized carbons (Fsp3) is 0.810. The first kappa shape index (κ1) is 19.8. The second-order valence-corrected chi connectivity index (χ2v) is 9.41. The maximum absolute atomic E-state index is 12.8. The van der Waals surface area contributed by atoms with Gasteiger partial charge in [-0.2, -0.15) is 0 Å². The van der Waals surface area contributed by atoms with E-state index in [0.29, 0.717) is 32.3 Å². The topological polar surface area (TPSA) is 101 Å². The highest BCUT2D eigenvalue weighted by Crippen LogP contribution is 2.33. The number of fused-ring (bicyclic) bond motifs is 1. The van der Waals surface area contributed by atoms with Crippen molar-refractivity contribution in [2.45, 2.75) is 89.1 Å². The van der Waals surface area contributed by atoms with Crippen LogP contribution in [-0.4, -0.2) is 56.6 Å². The molecule has 0 aromatic carbocycles. The third-order valence-electron chi connectivity index (χ3n) is 7.01. The minimum atomic E-state index is -0.405. The Morgan fingerprint density at radius 2 is 1.93 bits per heavy atom. The van der Waals surface area contributed by atoms with Crippen LogP contribution in [0, 0.1) is 5.92 Å². The SMILES string of the molecule is O=C(NCc1nnn2c1COC1(CCCN(C(=O)NC3CCCCC3)C1)C2)C1CC1. The van der Waals surface area contributed by atoms with Crippen LogP contribution in [0.5, 0.6) is 0 Å². The molecule has 0 radical (unpaired) electrons. The van der Waals surface area contributed by atoms with Crippen LogP contribution in [0.2, 0.25) is 0 Å². The molecule has 30 heavy (non-hydrogen) atoms. The van der Waals surface area contributed by atoms with Gasteiger partial charge in [-0.25, -0.2) is 9.48 Å². The van der Waals surface area contributed by atoms with Gasteiger partial charge in [-0.3, -0.25) is 4.79 Å². The quantitative estimate of drug-likeness (QED) is 0.778. The second kappa shape index (κ2) is 8.17. The third-order valence-corrected chi connectivity index (χ3v) is 7.01. The van der Waals surface area contributed by atoms with E-state index < -0.39 is 5.60 Å². The maximum atomic E-state index is 12.8. The van der Waals surface area contributed by atoms with Gasteiger partial charge in [0, 0.05) is 18.5 Å². The van der Waals surface area contributed by atoms with Crippen molar-refractivity contribution in [2.24, 2.45) is 5.92 Å². The van der Waals surface area contributed by atoms with Crippen molar-refractivity contribution in [3.63, 3.8) is 0 Å². The highest BCUT2D eigenvalue weighted by molar-refractivity contribution is 5.80. The molecule has 1 aromatic rings. The molecule has 3 heterocycles. The molecule has 2 aliphatic carbocycles. The molecule has 1 aromatic heterocycles. The summed E-state index contributed by atoms with van der Waals surface area (Å²) in [6.07, 6.45) is 9.67. The Hall–Kier alpha value is -2.16. The molecule has 2 aliphatic heterocycles. The number of rotatable bonds is 4. The van der Waals surface area contributed by atoms with E-state index in [-0.39, 0.29) is 17.9 Å². The van der Waals surface area contributed by atoms with E-state index in [9.17, 15) is 9.59 Å². The van der Waals surface area contributed by atoms with E-state index in [0.717, 1.165) is 56.5 Å². The zero-order valence-corrected chi connectivity index (χ0v) is 17.6. The maximum Gasteiger partial charge on any atom is 0.317 e. The number of piperidine rings is 1. The smallest absolute Gasteiger partial charge is 0.317 e. The summed E-state index contributed by atoms with van der Waals surface area (Å²) in [4.78, 5) is 26.7. The van der Waals surface area contributed by atoms with Crippen molar-refractivity contribution in [3.05, 3.63) is 11.4 Å². The van der Waals surface area contributed by atoms with Gasteiger partial charge < -0.3 is 20.3 Å². The van der Waals surface area contributed by atoms with Crippen LogP contribution in [0.1, 0.15) is 69.2 Å². The summed E-state index contributed by atoms with van der Waals surface area (Å²) in [5.41, 5.74) is 1.30. The number of hydrogen-bond donors (Lipinski definition) is 2. The first-order valence-corrected chi connectivity index (χ1v) is 11.5. The van der Waals surface area contributed by atoms with Crippen LogP contribution in [0.25, 0.3) is 0 Å². The molecule has 1 unspecified atom stereocenters. The van der Waals surface area contributed by atoms with Crippen molar-refractivity contribution in [3.8, 4) is 0 Å². The Labute approximate surface area is 176 Å². The lowest BCUT2D eigenvalue weighted by atomic mass is 9.91. The molecule has 2 saturated carbocycles. The average molecular weight is 417 g/mol. The number of aromatic nitrogens is 3. The number of urea groups is 1. The number of hydrogen-bond acceptors (Lipinski definition) is 5. The minimum absolute atomic E-state index is 0.0393. The molecule has 1 spiro atoms. The summed E-state index contributed by atoms with van der Waals surface area (Å²) in [7, 11) is 0. The fourth-order valence-electron chi connectivity index (χ4n) is 5.02. The largest absolute Gasteiger partial charge is 0.365 e. The Kier molecular flexibility index (Phi) is 5.39. The number of nitrogens with one attached hydrogen (secondary N) is 2. The van der Waals surface area contributed by atoms with E-state index >= 15 is 0 Å². The van der Waals surface area contributed by atoms with E-state index in [1.165, 1.54) is 19.3 Å². The lowest BCUT2D eigenvalue weighted by Crippen LogP contribution is -2.58. The number of ether oxygens (including phenoxy) is 1. The molecule has 164 valence electrons. The highest BCUT2D eigenvalue weighted by Gasteiger charge is 2.42. The van der Waals surface area contributed by atoms with Gasteiger partial charge >= 0.3 is 6.03 Å². The number of carbonyl (C=O) groups excluding carboxylic acids is 2. The van der Waals surface area contributed by atoms with E-state index in [2.05, 4.69) is 20.9 Å². The summed E-state index contributed by atoms with van der Waals surface area (Å²) in [5.74, 6) is 0.292. The standard InChI is InChI=1S/C21H32N6O3/c28-19(15-7-8-15)22-11-17-18-12-30-21(14-27(18)25-24-17)9-4-10-26(13-21)20(29)23-16-5-2-1-3-6-16/h15-16H,1-14H2,(H,22,28)(H,23,29). The Balaban J connectivity index is 1.20. The molecule has 1 saturated heterocycles. The summed E-state index contributed by atoms with van der Waals surface area (Å²) in [6.45, 7) is 2.76. The number of nitrogens with zero attached hydrogens (tertiary/aromatic N) is 4. The highest BCUT2D eigenvalue weighted by atomic mass is 16.5. The van der Waals surface area contributed by atoms with Crippen LogP contribution in [0.3, 0.4) is 0 Å². The summed E-state index contributed by atoms with van der Waals surface area (Å²) >= 11 is 0. The molecule has 1 atom stereocenters. The molecular formula is C21H32N6O3. The molecule has 2 N–H and O–H groups in total. The van der Waals surface area contributed by atoms with Gasteiger partial charge in [0.2, 0.25) is 5.91 Å². The number of likely N-dealkylation sites (tertiary alicyclic amines) is 1. The van der Waals surface area contributed by atoms with E-state index in [4.69, 9.17) is 4.74 Å². The predicted octanol–water partition coefficient (Wildman–Crippen LogP) is 1.71. The van der Waals surface area contributed by atoms with Gasteiger partial charge in [0.05, 0.1) is 31.9 Å². The van der Waals surface area contributed by atoms with Crippen LogP contribution >= 0.6 is 0 Å². The zero-order chi connectivity index (χ0) is 20.6. The van der Waals surface area contributed by atoms with Crippen molar-refractivity contribution in [1.82, 2.24) is 30.5 Å². The molecule has 0 bridgehead atoms. The summed E-state index contributed by atoms with van der Waals surface area (Å²) in [6, 6.07) is 0.351. The van der Waals surface area contributed by atoms with Crippen LogP contribution in [0.15, 0.2) is 0 Å². The van der Waals surface area contributed by atoms with Crippen molar-refractivity contribution in [2.75, 3.05) is 13.1 Å². The number of carbonyl (C=O) groups is 2. The van der Waals surface area contributed by atoms with E-state index in [1.807, 2.05) is 9.58 Å². The van der Waals surface area contributed by atoms with Crippen molar-refractivity contribution >= 4 is 11.9 Å². The van der Waals surface area contributed by atoms with E-state index in [1.54, 1.807) is 0 Å². The lowest BCUT2D eigenvalue weighted by Gasteiger charge is -2.44. The normalized spacial score (nSPS) is 27.0. The lowest BCUT2D eigenvalue weighted by molar-refractivity contribution is -0.123. The third kappa shape index (κ3) is 4.17. The van der Waals surface area contributed by atoms with Crippen LogP contribution < -0.4 is 10.6 Å². The molecule has 4 aliphatic rings. The molecule has 3 fully saturated rings. The summed E-state index contributed by atoms with van der Waals surface area (Å²) < 4.78 is 8.24. The molecule has 9 heteroatoms. The Bertz CT molecular complexity index is 801. The molecule has 9 nitrogen and oxygen atoms in total. The Morgan fingerprint density at radius 3 is 2.73 bits per heavy atom. The average Bonchev–Trinajstić information content (AvgIpc) is 3.54. The minimum Gasteiger partial charge on any atom is -0.365 e. The van der Waals surface area contributed by atoms with Crippen LogP contribution in [0.4, 0.5) is 4.79 Å². The van der Waals surface area contributed by atoms with Gasteiger partial charge in [-0.15, -0.1) is 5.10 Å². The van der Waals surface area contributed by atoms with Crippen LogP contribution in [-0.2, 0) is 29.2 Å². The van der Waals surface area contributed by atoms with Gasteiger partial charge in [0.1, 0.15) is 11.3 Å². The van der Waals surface area contributed by atoms with Crippen molar-refractivity contribution < 1.29 is 14.3 Å². The zero-order valence-electron chi connectivity index (χ0n) is 17.6. The van der Waals surface area contributed by atoms with Crippen molar-refractivity contribution in [1.29, 1.82) is 0 Å². The molecule has 5 rings (SSSR count). The monoisotopic (exact) mass is 416 g/mol. The van der Waals surface area contributed by atoms with Gasteiger partial charge in [-0.1, -0.05) is 24.5 Å². The van der Waals surface area contributed by atoms with Gasteiger partial charge in [0.25, 0.3) is 0 Å². The molecular weight excluding hydrogens is 384 g/mol. The predicted molar refractivity (Wildman–Crippen MR) is 108 cm³/mol. The summed E-state index contributed by atoms with van der Waals surface area (Å²) in [5, 5.41) is 14.8. The van der Waals surface area contributed by atoms with Gasteiger partial charge in [0.15, 0.2) is 0 Å². The number of amides is 3. The first-order chi connectivity index (χ1) is 14.6. The molecule has 3 amide bonds. The second-order valence-electron chi connectivity index (χ2n) is 9.41. The Morgan fingerprint density at radius 1 is 1.10 bits per heavy atom. The van der Waals surface area contributed by atoms with Gasteiger partial charge in [-0.05, 0) is 38.5 Å². The fourth-order valence-corrected chi connectivity index (χ4v) is 5.02. The first-order valence-electron chi connectivity index (χ1n) is 11.5.